The number of thiophene rings is 1. The predicted molar refractivity (Wildman–Crippen MR) is 80.7 cm³/mol. The number of hydrogen-bond donors (Lipinski definition) is 2. The van der Waals surface area contributed by atoms with Gasteiger partial charge in [0.15, 0.2) is 0 Å². The van der Waals surface area contributed by atoms with Crippen molar-refractivity contribution in [1.29, 1.82) is 0 Å². The average Bonchev–Trinajstić information content (AvgIpc) is 3.04. The fraction of sp³-hybridized carbons (Fsp3) is 0.200. The van der Waals surface area contributed by atoms with Gasteiger partial charge in [0.05, 0.1) is 17.5 Å². The van der Waals surface area contributed by atoms with Crippen molar-refractivity contribution in [3.8, 4) is 0 Å². The van der Waals surface area contributed by atoms with Gasteiger partial charge in [-0.2, -0.15) is 0 Å². The van der Waals surface area contributed by atoms with Gasteiger partial charge in [0.2, 0.25) is 5.91 Å². The average molecular weight is 285 g/mol. The molecule has 0 radical (unpaired) electrons. The van der Waals surface area contributed by atoms with Crippen LogP contribution in [0.5, 0.6) is 0 Å². The first-order valence-electron chi connectivity index (χ1n) is 6.45. The van der Waals surface area contributed by atoms with Gasteiger partial charge in [0.1, 0.15) is 5.82 Å². The van der Waals surface area contributed by atoms with E-state index in [0.29, 0.717) is 13.0 Å². The number of fused-ring (bicyclic) bond motifs is 1. The van der Waals surface area contributed by atoms with Gasteiger partial charge in [0.25, 0.3) is 0 Å². The number of H-pyrrole nitrogens is 1. The maximum atomic E-state index is 11.8. The van der Waals surface area contributed by atoms with E-state index in [2.05, 4.69) is 15.3 Å². The Morgan fingerprint density at radius 2 is 2.30 bits per heavy atom. The zero-order valence-corrected chi connectivity index (χ0v) is 12.0. The molecular weight excluding hydrogens is 270 g/mol. The number of rotatable bonds is 4. The molecule has 20 heavy (non-hydrogen) atoms. The van der Waals surface area contributed by atoms with Gasteiger partial charge in [0, 0.05) is 11.4 Å². The van der Waals surface area contributed by atoms with Crippen molar-refractivity contribution in [2.75, 3.05) is 0 Å². The number of nitrogens with zero attached hydrogens (tertiary/aromatic N) is 1. The van der Waals surface area contributed by atoms with Crippen molar-refractivity contribution < 1.29 is 4.79 Å². The number of aryl methyl sites for hydroxylation is 1. The molecule has 1 aromatic carbocycles. The Hall–Kier alpha value is -2.14. The summed E-state index contributed by atoms with van der Waals surface area (Å²) in [5.74, 6) is 0.951. The first-order valence-corrected chi connectivity index (χ1v) is 7.33. The molecule has 0 saturated carbocycles. The zero-order valence-electron chi connectivity index (χ0n) is 11.1. The third-order valence-electron chi connectivity index (χ3n) is 3.07. The fourth-order valence-electron chi connectivity index (χ4n) is 2.13. The Kier molecular flexibility index (Phi) is 3.52. The summed E-state index contributed by atoms with van der Waals surface area (Å²) in [6.45, 7) is 2.47. The van der Waals surface area contributed by atoms with Crippen molar-refractivity contribution in [2.45, 2.75) is 19.9 Å². The SMILES string of the molecule is Cc1nc2ccc(CNC(=O)Cc3cccs3)cc2[nH]1. The van der Waals surface area contributed by atoms with Gasteiger partial charge in [-0.3, -0.25) is 4.79 Å². The van der Waals surface area contributed by atoms with Crippen molar-refractivity contribution >= 4 is 28.3 Å². The lowest BCUT2D eigenvalue weighted by molar-refractivity contribution is -0.120. The van der Waals surface area contributed by atoms with Crippen LogP contribution in [0.2, 0.25) is 0 Å². The van der Waals surface area contributed by atoms with E-state index in [1.165, 1.54) is 0 Å². The highest BCUT2D eigenvalue weighted by Gasteiger charge is 2.05. The number of aromatic nitrogens is 2. The van der Waals surface area contributed by atoms with E-state index in [-0.39, 0.29) is 5.91 Å². The molecule has 2 heterocycles. The minimum atomic E-state index is 0.0494. The topological polar surface area (TPSA) is 57.8 Å². The Labute approximate surface area is 120 Å². The molecule has 0 aliphatic carbocycles. The van der Waals surface area contributed by atoms with Gasteiger partial charge in [-0.1, -0.05) is 12.1 Å². The lowest BCUT2D eigenvalue weighted by Gasteiger charge is -2.04. The van der Waals surface area contributed by atoms with Crippen LogP contribution < -0.4 is 5.32 Å². The van der Waals surface area contributed by atoms with Crippen LogP contribution in [0.4, 0.5) is 0 Å². The molecule has 0 aliphatic heterocycles. The summed E-state index contributed by atoms with van der Waals surface area (Å²) in [5.41, 5.74) is 3.03. The molecule has 0 spiro atoms. The van der Waals surface area contributed by atoms with Crippen molar-refractivity contribution in [2.24, 2.45) is 0 Å². The maximum absolute atomic E-state index is 11.8. The predicted octanol–water partition coefficient (Wildman–Crippen LogP) is 2.79. The van der Waals surface area contributed by atoms with Crippen LogP contribution in [0.25, 0.3) is 11.0 Å². The Morgan fingerprint density at radius 3 is 3.10 bits per heavy atom. The first-order chi connectivity index (χ1) is 9.70. The normalized spacial score (nSPS) is 10.8. The number of benzene rings is 1. The number of nitrogens with one attached hydrogen (secondary N) is 2. The van der Waals surface area contributed by atoms with Gasteiger partial charge in [-0.15, -0.1) is 11.3 Å². The number of carbonyl (C=O) groups excluding carboxylic acids is 1. The molecule has 0 aliphatic rings. The van der Waals surface area contributed by atoms with E-state index >= 15 is 0 Å². The third kappa shape index (κ3) is 2.88. The number of aromatic amines is 1. The summed E-state index contributed by atoms with van der Waals surface area (Å²) in [6.07, 6.45) is 0.447. The van der Waals surface area contributed by atoms with Crippen molar-refractivity contribution in [3.63, 3.8) is 0 Å². The molecule has 2 N–H and O–H groups in total. The van der Waals surface area contributed by atoms with Crippen LogP contribution in [-0.2, 0) is 17.8 Å². The highest BCUT2D eigenvalue weighted by Crippen LogP contribution is 2.13. The molecule has 1 amide bonds. The quantitative estimate of drug-likeness (QED) is 0.774. The monoisotopic (exact) mass is 285 g/mol. The van der Waals surface area contributed by atoms with Crippen molar-refractivity contribution in [1.82, 2.24) is 15.3 Å². The molecule has 0 saturated heterocycles. The van der Waals surface area contributed by atoms with E-state index in [0.717, 1.165) is 27.3 Å². The summed E-state index contributed by atoms with van der Waals surface area (Å²) in [4.78, 5) is 20.5. The molecule has 3 aromatic rings. The summed E-state index contributed by atoms with van der Waals surface area (Å²) >= 11 is 1.60. The van der Waals surface area contributed by atoms with Crippen LogP contribution >= 0.6 is 11.3 Å². The first kappa shape index (κ1) is 12.9. The van der Waals surface area contributed by atoms with E-state index in [9.17, 15) is 4.79 Å². The Morgan fingerprint density at radius 1 is 1.40 bits per heavy atom. The second-order valence-electron chi connectivity index (χ2n) is 4.71. The lowest BCUT2D eigenvalue weighted by atomic mass is 10.2. The summed E-state index contributed by atoms with van der Waals surface area (Å²) < 4.78 is 0. The molecule has 0 atom stereocenters. The molecule has 102 valence electrons. The lowest BCUT2D eigenvalue weighted by Crippen LogP contribution is -2.24. The smallest absolute Gasteiger partial charge is 0.225 e. The molecule has 0 unspecified atom stereocenters. The van der Waals surface area contributed by atoms with Gasteiger partial charge >= 0.3 is 0 Å². The fourth-order valence-corrected chi connectivity index (χ4v) is 2.83. The molecular formula is C15H15N3OS. The molecule has 2 aromatic heterocycles. The summed E-state index contributed by atoms with van der Waals surface area (Å²) in [6, 6.07) is 9.93. The number of imidazole rings is 1. The van der Waals surface area contributed by atoms with E-state index < -0.39 is 0 Å². The van der Waals surface area contributed by atoms with Crippen LogP contribution in [0.1, 0.15) is 16.3 Å². The minimum absolute atomic E-state index is 0.0494. The number of hydrogen-bond acceptors (Lipinski definition) is 3. The van der Waals surface area contributed by atoms with Crippen LogP contribution in [0.3, 0.4) is 0 Å². The highest BCUT2D eigenvalue weighted by atomic mass is 32.1. The minimum Gasteiger partial charge on any atom is -0.352 e. The maximum Gasteiger partial charge on any atom is 0.225 e. The third-order valence-corrected chi connectivity index (χ3v) is 3.95. The van der Waals surface area contributed by atoms with Gasteiger partial charge < -0.3 is 10.3 Å². The Bertz CT molecular complexity index is 731. The van der Waals surface area contributed by atoms with E-state index in [1.807, 2.05) is 42.6 Å². The van der Waals surface area contributed by atoms with E-state index in [4.69, 9.17) is 0 Å². The van der Waals surface area contributed by atoms with E-state index in [1.54, 1.807) is 11.3 Å². The largest absolute Gasteiger partial charge is 0.352 e. The van der Waals surface area contributed by atoms with Gasteiger partial charge in [-0.25, -0.2) is 4.98 Å². The molecule has 3 rings (SSSR count). The second kappa shape index (κ2) is 5.46. The molecule has 4 nitrogen and oxygen atoms in total. The number of amides is 1. The molecule has 5 heteroatoms. The van der Waals surface area contributed by atoms with Crippen LogP contribution in [0.15, 0.2) is 35.7 Å². The Balaban J connectivity index is 1.63. The summed E-state index contributed by atoms with van der Waals surface area (Å²) in [5, 5.41) is 4.93. The highest BCUT2D eigenvalue weighted by molar-refractivity contribution is 7.10. The van der Waals surface area contributed by atoms with Crippen LogP contribution in [-0.4, -0.2) is 15.9 Å². The van der Waals surface area contributed by atoms with Crippen LogP contribution in [0, 0.1) is 6.92 Å². The summed E-state index contributed by atoms with van der Waals surface area (Å²) in [7, 11) is 0. The molecule has 0 fully saturated rings. The van der Waals surface area contributed by atoms with Crippen molar-refractivity contribution in [3.05, 3.63) is 52.0 Å². The number of carbonyl (C=O) groups is 1. The zero-order chi connectivity index (χ0) is 13.9. The van der Waals surface area contributed by atoms with Gasteiger partial charge in [-0.05, 0) is 36.1 Å². The second-order valence-corrected chi connectivity index (χ2v) is 5.74. The standard InChI is InChI=1S/C15H15N3OS/c1-10-17-13-5-4-11(7-14(13)18-10)9-16-15(19)8-12-3-2-6-20-12/h2-7H,8-9H2,1H3,(H,16,19)(H,17,18). The molecule has 0 bridgehead atoms.